The Morgan fingerprint density at radius 3 is 2.72 bits per heavy atom. The van der Waals surface area contributed by atoms with Crippen molar-refractivity contribution in [2.75, 3.05) is 13.2 Å². The third kappa shape index (κ3) is 3.78. The van der Waals surface area contributed by atoms with Crippen molar-refractivity contribution in [3.05, 3.63) is 64.2 Å². The highest BCUT2D eigenvalue weighted by Crippen LogP contribution is 2.58. The quantitative estimate of drug-likeness (QED) is 0.524. The molecule has 9 heteroatoms. The fourth-order valence-electron chi connectivity index (χ4n) is 6.41. The van der Waals surface area contributed by atoms with Gasteiger partial charge in [0.1, 0.15) is 18.1 Å². The summed E-state index contributed by atoms with van der Waals surface area (Å²) in [6, 6.07) is 8.65. The van der Waals surface area contributed by atoms with Crippen LogP contribution in [0.1, 0.15) is 48.9 Å². The zero-order valence-corrected chi connectivity index (χ0v) is 20.6. The molecule has 0 atom stereocenters. The van der Waals surface area contributed by atoms with Crippen molar-refractivity contribution in [2.24, 2.45) is 5.41 Å². The number of nitrogens with zero attached hydrogens (tertiary/aromatic N) is 3. The van der Waals surface area contributed by atoms with Crippen LogP contribution in [-0.4, -0.2) is 50.2 Å². The van der Waals surface area contributed by atoms with Gasteiger partial charge in [-0.25, -0.2) is 9.37 Å². The monoisotopic (exact) mass is 511 g/mol. The number of aliphatic carboxylic acids is 1. The van der Waals surface area contributed by atoms with E-state index in [9.17, 15) is 19.1 Å². The number of carbonyl (C=O) groups excluding carboxylic acids is 1. The molecule has 6 rings (SSSR count). The van der Waals surface area contributed by atoms with Crippen molar-refractivity contribution in [1.82, 2.24) is 14.5 Å². The highest BCUT2D eigenvalue weighted by atomic mass is 35.5. The third-order valence-corrected chi connectivity index (χ3v) is 8.72. The molecule has 0 spiro atoms. The predicted octanol–water partition coefficient (Wildman–Crippen LogP) is 4.57. The van der Waals surface area contributed by atoms with Gasteiger partial charge in [0.25, 0.3) is 0 Å². The van der Waals surface area contributed by atoms with E-state index in [-0.39, 0.29) is 17.5 Å². The van der Waals surface area contributed by atoms with Crippen molar-refractivity contribution >= 4 is 34.5 Å². The normalized spacial score (nSPS) is 24.9. The van der Waals surface area contributed by atoms with Crippen LogP contribution in [0.3, 0.4) is 0 Å². The van der Waals surface area contributed by atoms with Gasteiger partial charge in [-0.1, -0.05) is 17.7 Å². The summed E-state index contributed by atoms with van der Waals surface area (Å²) < 4.78 is 21.9. The van der Waals surface area contributed by atoms with E-state index in [1.807, 2.05) is 12.1 Å². The second kappa shape index (κ2) is 8.56. The molecule has 1 aromatic carbocycles. The summed E-state index contributed by atoms with van der Waals surface area (Å²) >= 11 is 6.02. The molecular weight excluding hydrogens is 485 g/mol. The molecule has 2 aromatic heterocycles. The lowest BCUT2D eigenvalue weighted by molar-refractivity contribution is -0.148. The highest BCUT2D eigenvalue weighted by Gasteiger charge is 2.59. The van der Waals surface area contributed by atoms with Gasteiger partial charge in [0, 0.05) is 30.4 Å². The number of carbonyl (C=O) groups is 2. The van der Waals surface area contributed by atoms with Crippen molar-refractivity contribution in [1.29, 1.82) is 0 Å². The van der Waals surface area contributed by atoms with E-state index in [1.54, 1.807) is 23.2 Å². The Morgan fingerprint density at radius 1 is 1.19 bits per heavy atom. The first-order chi connectivity index (χ1) is 17.3. The Kier molecular flexibility index (Phi) is 5.57. The van der Waals surface area contributed by atoms with Crippen LogP contribution >= 0.6 is 11.6 Å². The Balaban J connectivity index is 1.22. The molecule has 0 saturated heterocycles. The summed E-state index contributed by atoms with van der Waals surface area (Å²) in [4.78, 5) is 31.4. The van der Waals surface area contributed by atoms with Crippen LogP contribution in [0.2, 0.25) is 5.02 Å². The number of carboxylic acids is 1. The van der Waals surface area contributed by atoms with Crippen molar-refractivity contribution in [2.45, 2.75) is 57.2 Å². The summed E-state index contributed by atoms with van der Waals surface area (Å²) in [6.07, 6.45) is 5.56. The average molecular weight is 512 g/mol. The van der Waals surface area contributed by atoms with Crippen molar-refractivity contribution in [3.63, 3.8) is 0 Å². The lowest BCUT2D eigenvalue weighted by Gasteiger charge is -2.31. The Bertz CT molecular complexity index is 1380. The molecule has 36 heavy (non-hydrogen) atoms. The number of ether oxygens (including phenoxy) is 1. The summed E-state index contributed by atoms with van der Waals surface area (Å²) in [5.74, 6) is -1.30. The molecule has 2 fully saturated rings. The molecule has 188 valence electrons. The molecule has 7 nitrogen and oxygen atoms in total. The number of benzene rings is 1. The molecular formula is C27H27ClFN3O4. The molecule has 2 saturated carbocycles. The number of fused-ring (bicyclic) bond motifs is 5. The minimum absolute atomic E-state index is 0.0446. The number of rotatable bonds is 6. The van der Waals surface area contributed by atoms with Gasteiger partial charge in [-0.15, -0.1) is 0 Å². The van der Waals surface area contributed by atoms with Crippen LogP contribution in [0.5, 0.6) is 0 Å². The number of pyridine rings is 1. The standard InChI is InChI=1S/C27H27ClFN3O4/c28-20-12-17(3-4-21(20)29)13-32-22-14-31(11-5-18(22)19-2-1-10-30-24(19)32)23(33)15-36-27-8-6-26(16-27,7-9-27)25(34)35/h1-4,10,12H,5-9,11,13-16H2,(H,34,35). The van der Waals surface area contributed by atoms with Gasteiger partial charge in [0.15, 0.2) is 0 Å². The number of hydrogen-bond acceptors (Lipinski definition) is 4. The SMILES string of the molecule is O=C(COC12CCC(C(=O)O)(CC1)C2)N1CCc2c(n(Cc3ccc(F)c(Cl)c3)c3ncccc23)C1. The smallest absolute Gasteiger partial charge is 0.309 e. The van der Waals surface area contributed by atoms with Crippen LogP contribution in [-0.2, 0) is 33.8 Å². The van der Waals surface area contributed by atoms with E-state index < -0.39 is 22.8 Å². The fraction of sp³-hybridized carbons (Fsp3) is 0.444. The van der Waals surface area contributed by atoms with Crippen LogP contribution < -0.4 is 0 Å². The van der Waals surface area contributed by atoms with Gasteiger partial charge in [0.2, 0.25) is 5.91 Å². The Hall–Kier alpha value is -2.97. The van der Waals surface area contributed by atoms with Gasteiger partial charge >= 0.3 is 5.97 Å². The average Bonchev–Trinajstić information content (AvgIpc) is 3.55. The maximum absolute atomic E-state index is 13.7. The lowest BCUT2D eigenvalue weighted by Crippen LogP contribution is -2.41. The van der Waals surface area contributed by atoms with E-state index in [0.717, 1.165) is 22.3 Å². The minimum Gasteiger partial charge on any atom is -0.481 e. The van der Waals surface area contributed by atoms with E-state index in [2.05, 4.69) is 9.55 Å². The Labute approximate surface area is 212 Å². The lowest BCUT2D eigenvalue weighted by atomic mass is 9.84. The largest absolute Gasteiger partial charge is 0.481 e. The van der Waals surface area contributed by atoms with Crippen molar-refractivity contribution < 1.29 is 23.8 Å². The number of amides is 1. The highest BCUT2D eigenvalue weighted by molar-refractivity contribution is 6.30. The number of carboxylic acid groups (broad SMARTS) is 1. The summed E-state index contributed by atoms with van der Waals surface area (Å²) in [5, 5.41) is 10.8. The molecule has 1 aliphatic heterocycles. The number of halogens is 2. The van der Waals surface area contributed by atoms with Crippen LogP contribution in [0.25, 0.3) is 11.0 Å². The maximum Gasteiger partial charge on any atom is 0.309 e. The summed E-state index contributed by atoms with van der Waals surface area (Å²) in [6.45, 7) is 1.42. The second-order valence-electron chi connectivity index (χ2n) is 10.4. The van der Waals surface area contributed by atoms with Gasteiger partial charge in [0.05, 0.1) is 22.6 Å². The minimum atomic E-state index is -0.746. The molecule has 3 heterocycles. The number of hydrogen-bond donors (Lipinski definition) is 1. The zero-order chi connectivity index (χ0) is 25.1. The molecule has 2 aliphatic carbocycles. The molecule has 3 aliphatic rings. The summed E-state index contributed by atoms with van der Waals surface area (Å²) in [7, 11) is 0. The van der Waals surface area contributed by atoms with Gasteiger partial charge in [-0.2, -0.15) is 0 Å². The molecule has 2 bridgehead atoms. The molecule has 1 amide bonds. The molecule has 0 unspecified atom stereocenters. The van der Waals surface area contributed by atoms with Gasteiger partial charge in [-0.3, -0.25) is 9.59 Å². The maximum atomic E-state index is 13.7. The van der Waals surface area contributed by atoms with E-state index in [0.29, 0.717) is 58.2 Å². The number of aromatic nitrogens is 2. The topological polar surface area (TPSA) is 84.7 Å². The molecule has 3 aromatic rings. The van der Waals surface area contributed by atoms with E-state index in [4.69, 9.17) is 16.3 Å². The van der Waals surface area contributed by atoms with Crippen molar-refractivity contribution in [3.8, 4) is 0 Å². The van der Waals surface area contributed by atoms with Crippen LogP contribution in [0, 0.1) is 11.2 Å². The third-order valence-electron chi connectivity index (χ3n) is 8.43. The first kappa shape index (κ1) is 23.4. The predicted molar refractivity (Wildman–Crippen MR) is 131 cm³/mol. The van der Waals surface area contributed by atoms with Gasteiger partial charge in [-0.05, 0) is 73.9 Å². The molecule has 1 N–H and O–H groups in total. The van der Waals surface area contributed by atoms with E-state index >= 15 is 0 Å². The van der Waals surface area contributed by atoms with Crippen LogP contribution in [0.4, 0.5) is 4.39 Å². The van der Waals surface area contributed by atoms with E-state index in [1.165, 1.54) is 11.6 Å². The van der Waals surface area contributed by atoms with Gasteiger partial charge < -0.3 is 19.3 Å². The molecule has 0 radical (unpaired) electrons. The fourth-order valence-corrected chi connectivity index (χ4v) is 6.61. The first-order valence-corrected chi connectivity index (χ1v) is 12.7. The second-order valence-corrected chi connectivity index (χ2v) is 10.8. The zero-order valence-electron chi connectivity index (χ0n) is 19.8. The summed E-state index contributed by atoms with van der Waals surface area (Å²) in [5.41, 5.74) is 2.69. The first-order valence-electron chi connectivity index (χ1n) is 12.3. The Morgan fingerprint density at radius 2 is 2.00 bits per heavy atom. The van der Waals surface area contributed by atoms with Crippen LogP contribution in [0.15, 0.2) is 36.5 Å².